The highest BCUT2D eigenvalue weighted by Gasteiger charge is 2.10. The van der Waals surface area contributed by atoms with Crippen LogP contribution < -0.4 is 4.74 Å². The summed E-state index contributed by atoms with van der Waals surface area (Å²) < 4.78 is 14.2. The molecule has 0 aliphatic rings. The van der Waals surface area contributed by atoms with Crippen molar-refractivity contribution < 1.29 is 14.3 Å². The Balaban J connectivity index is 1.77. The number of aromatic nitrogens is 2. The molecule has 0 unspecified atom stereocenters. The summed E-state index contributed by atoms with van der Waals surface area (Å²) in [5, 5.41) is 12.4. The molecule has 0 atom stereocenters. The van der Waals surface area contributed by atoms with Crippen molar-refractivity contribution in [1.29, 1.82) is 5.26 Å². The molecule has 0 spiro atoms. The Morgan fingerprint density at radius 3 is 2.75 bits per heavy atom. The molecule has 0 bridgehead atoms. The zero-order valence-electron chi connectivity index (χ0n) is 10.1. The number of hydrogen-bond donors (Lipinski definition) is 0. The molecule has 2 rings (SSSR count). The summed E-state index contributed by atoms with van der Waals surface area (Å²) in [6.07, 6.45) is 0. The van der Waals surface area contributed by atoms with Crippen LogP contribution in [0.2, 0.25) is 4.34 Å². The van der Waals surface area contributed by atoms with Crippen molar-refractivity contribution in [3.05, 3.63) is 39.9 Å². The van der Waals surface area contributed by atoms with Crippen LogP contribution in [-0.4, -0.2) is 22.2 Å². The number of ether oxygens (including phenoxy) is 2. The normalized spacial score (nSPS) is 9.80. The Labute approximate surface area is 123 Å². The van der Waals surface area contributed by atoms with Gasteiger partial charge in [-0.2, -0.15) is 5.26 Å². The first-order valence-electron chi connectivity index (χ1n) is 5.44. The van der Waals surface area contributed by atoms with E-state index in [2.05, 4.69) is 9.59 Å². The van der Waals surface area contributed by atoms with Crippen LogP contribution in [0.25, 0.3) is 0 Å². The zero-order valence-corrected chi connectivity index (χ0v) is 11.6. The monoisotopic (exact) mass is 309 g/mol. The summed E-state index contributed by atoms with van der Waals surface area (Å²) in [6.45, 7) is -0.272. The molecule has 0 aliphatic heterocycles. The Hall–Kier alpha value is -2.17. The van der Waals surface area contributed by atoms with Crippen LogP contribution >= 0.6 is 23.1 Å². The summed E-state index contributed by atoms with van der Waals surface area (Å²) >= 11 is 6.79. The second-order valence-electron chi connectivity index (χ2n) is 3.58. The van der Waals surface area contributed by atoms with Crippen LogP contribution in [0.4, 0.5) is 0 Å². The Morgan fingerprint density at radius 1 is 1.40 bits per heavy atom. The lowest BCUT2D eigenvalue weighted by atomic mass is 10.2. The number of halogens is 1. The molecular formula is C12H8ClN3O3S. The fraction of sp³-hybridized carbons (Fsp3) is 0.167. The van der Waals surface area contributed by atoms with Crippen LogP contribution in [0.1, 0.15) is 11.3 Å². The summed E-state index contributed by atoms with van der Waals surface area (Å²) in [6, 6.07) is 8.39. The molecule has 1 aromatic heterocycles. The number of nitrogens with zero attached hydrogens (tertiary/aromatic N) is 3. The second kappa shape index (κ2) is 6.84. The first-order chi connectivity index (χ1) is 9.69. The average molecular weight is 310 g/mol. The maximum absolute atomic E-state index is 11.5. The van der Waals surface area contributed by atoms with Gasteiger partial charge in [-0.3, -0.25) is 0 Å². The third kappa shape index (κ3) is 3.91. The number of hydrogen-bond acceptors (Lipinski definition) is 7. The van der Waals surface area contributed by atoms with Gasteiger partial charge in [-0.1, -0.05) is 16.1 Å². The fourth-order valence-electron chi connectivity index (χ4n) is 1.24. The molecule has 0 saturated heterocycles. The van der Waals surface area contributed by atoms with Gasteiger partial charge in [0, 0.05) is 11.5 Å². The molecule has 20 heavy (non-hydrogen) atoms. The number of benzene rings is 1. The first-order valence-corrected chi connectivity index (χ1v) is 6.59. The number of nitriles is 1. The van der Waals surface area contributed by atoms with E-state index in [1.54, 1.807) is 24.3 Å². The van der Waals surface area contributed by atoms with Gasteiger partial charge in [0.15, 0.2) is 6.61 Å². The van der Waals surface area contributed by atoms with E-state index in [-0.39, 0.29) is 13.2 Å². The second-order valence-corrected chi connectivity index (χ2v) is 4.94. The smallest absolute Gasteiger partial charge is 0.344 e. The van der Waals surface area contributed by atoms with Crippen molar-refractivity contribution in [2.45, 2.75) is 6.61 Å². The van der Waals surface area contributed by atoms with Crippen molar-refractivity contribution in [2.75, 3.05) is 6.61 Å². The number of rotatable bonds is 5. The lowest BCUT2D eigenvalue weighted by Gasteiger charge is -2.06. The molecular weight excluding hydrogens is 302 g/mol. The standard InChI is InChI=1S/C12H8ClN3O3S/c13-12-10(15-16-20-12)6-19-11(17)7-18-9-3-1-8(5-14)2-4-9/h1-4H,6-7H2. The van der Waals surface area contributed by atoms with E-state index in [9.17, 15) is 4.79 Å². The SMILES string of the molecule is N#Cc1ccc(OCC(=O)OCc2nnsc2Cl)cc1. The van der Waals surface area contributed by atoms with Gasteiger partial charge in [0.25, 0.3) is 0 Å². The molecule has 102 valence electrons. The van der Waals surface area contributed by atoms with Crippen LogP contribution in [-0.2, 0) is 16.1 Å². The number of carbonyl (C=O) groups is 1. The Morgan fingerprint density at radius 2 is 2.15 bits per heavy atom. The topological polar surface area (TPSA) is 85.1 Å². The summed E-state index contributed by atoms with van der Waals surface area (Å²) in [5.74, 6) is -0.0623. The van der Waals surface area contributed by atoms with Gasteiger partial charge in [-0.15, -0.1) is 5.10 Å². The summed E-state index contributed by atoms with van der Waals surface area (Å²) in [5.41, 5.74) is 0.939. The van der Waals surface area contributed by atoms with Gasteiger partial charge in [-0.05, 0) is 24.3 Å². The van der Waals surface area contributed by atoms with E-state index in [4.69, 9.17) is 26.3 Å². The van der Waals surface area contributed by atoms with Crippen molar-refractivity contribution >= 4 is 29.1 Å². The molecule has 0 radical (unpaired) electrons. The third-order valence-corrected chi connectivity index (χ3v) is 3.20. The maximum atomic E-state index is 11.5. The van der Waals surface area contributed by atoms with E-state index in [0.717, 1.165) is 11.5 Å². The molecule has 6 nitrogen and oxygen atoms in total. The fourth-order valence-corrected chi connectivity index (χ4v) is 1.84. The van der Waals surface area contributed by atoms with Crippen molar-refractivity contribution in [3.8, 4) is 11.8 Å². The predicted octanol–water partition coefficient (Wildman–Crippen LogP) is 2.19. The lowest BCUT2D eigenvalue weighted by molar-refractivity contribution is -0.147. The lowest BCUT2D eigenvalue weighted by Crippen LogP contribution is -2.15. The molecule has 1 aromatic carbocycles. The average Bonchev–Trinajstić information content (AvgIpc) is 2.89. The van der Waals surface area contributed by atoms with Crippen molar-refractivity contribution in [3.63, 3.8) is 0 Å². The molecule has 0 aliphatic carbocycles. The van der Waals surface area contributed by atoms with E-state index in [1.807, 2.05) is 6.07 Å². The van der Waals surface area contributed by atoms with Gasteiger partial charge in [0.1, 0.15) is 22.4 Å². The quantitative estimate of drug-likeness (QED) is 0.787. The third-order valence-electron chi connectivity index (χ3n) is 2.22. The van der Waals surface area contributed by atoms with E-state index in [1.165, 1.54) is 0 Å². The number of esters is 1. The highest BCUT2D eigenvalue weighted by atomic mass is 35.5. The number of carbonyl (C=O) groups excluding carboxylic acids is 1. The maximum Gasteiger partial charge on any atom is 0.344 e. The molecule has 2 aromatic rings. The Bertz CT molecular complexity index is 636. The molecule has 1 heterocycles. The minimum absolute atomic E-state index is 0.0368. The van der Waals surface area contributed by atoms with Gasteiger partial charge in [0.2, 0.25) is 0 Å². The minimum atomic E-state index is -0.543. The molecule has 0 N–H and O–H groups in total. The highest BCUT2D eigenvalue weighted by molar-refractivity contribution is 7.10. The zero-order chi connectivity index (χ0) is 14.4. The highest BCUT2D eigenvalue weighted by Crippen LogP contribution is 2.18. The molecule has 0 saturated carbocycles. The molecule has 0 amide bonds. The Kier molecular flexibility index (Phi) is 4.87. The van der Waals surface area contributed by atoms with Gasteiger partial charge in [0.05, 0.1) is 11.6 Å². The van der Waals surface area contributed by atoms with Gasteiger partial charge >= 0.3 is 5.97 Å². The van der Waals surface area contributed by atoms with Gasteiger partial charge < -0.3 is 9.47 Å². The predicted molar refractivity (Wildman–Crippen MR) is 71.4 cm³/mol. The van der Waals surface area contributed by atoms with Crippen molar-refractivity contribution in [2.24, 2.45) is 0 Å². The summed E-state index contributed by atoms with van der Waals surface area (Å²) in [4.78, 5) is 11.5. The molecule has 8 heteroatoms. The van der Waals surface area contributed by atoms with E-state index in [0.29, 0.717) is 21.3 Å². The first kappa shape index (κ1) is 14.2. The van der Waals surface area contributed by atoms with Gasteiger partial charge in [-0.25, -0.2) is 4.79 Å². The van der Waals surface area contributed by atoms with Crippen molar-refractivity contribution in [1.82, 2.24) is 9.59 Å². The van der Waals surface area contributed by atoms with E-state index >= 15 is 0 Å². The van der Waals surface area contributed by atoms with Crippen LogP contribution in [0.5, 0.6) is 5.75 Å². The largest absolute Gasteiger partial charge is 0.482 e. The summed E-state index contributed by atoms with van der Waals surface area (Å²) in [7, 11) is 0. The van der Waals surface area contributed by atoms with Crippen LogP contribution in [0.15, 0.2) is 24.3 Å². The molecule has 0 fully saturated rings. The van der Waals surface area contributed by atoms with Crippen LogP contribution in [0.3, 0.4) is 0 Å². The van der Waals surface area contributed by atoms with E-state index < -0.39 is 5.97 Å². The van der Waals surface area contributed by atoms with Crippen LogP contribution in [0, 0.1) is 11.3 Å². The minimum Gasteiger partial charge on any atom is -0.482 e.